The van der Waals surface area contributed by atoms with E-state index in [9.17, 15) is 13.2 Å². The molecule has 0 aliphatic carbocycles. The van der Waals surface area contributed by atoms with Gasteiger partial charge in [0.2, 0.25) is 10.0 Å². The molecule has 0 radical (unpaired) electrons. The van der Waals surface area contributed by atoms with E-state index in [1.54, 1.807) is 37.1 Å². The van der Waals surface area contributed by atoms with E-state index in [2.05, 4.69) is 4.98 Å². The van der Waals surface area contributed by atoms with Crippen molar-refractivity contribution in [1.82, 2.24) is 14.3 Å². The number of hydrogen-bond acceptors (Lipinski definition) is 6. The number of thiazole rings is 1. The average molecular weight is 529 g/mol. The normalized spacial score (nSPS) is 11.8. The second kappa shape index (κ2) is 10.4. The molecule has 7 nitrogen and oxygen atoms in total. The van der Waals surface area contributed by atoms with E-state index in [0.29, 0.717) is 34.5 Å². The van der Waals surface area contributed by atoms with Gasteiger partial charge in [-0.1, -0.05) is 42.9 Å². The minimum Gasteiger partial charge on any atom is -0.278 e. The van der Waals surface area contributed by atoms with Gasteiger partial charge >= 0.3 is 0 Å². The third-order valence-corrected chi connectivity index (χ3v) is 8.91. The molecule has 0 N–H and O–H groups in total. The van der Waals surface area contributed by atoms with Gasteiger partial charge in [0.1, 0.15) is 0 Å². The number of carbonyl (C=O) groups is 1. The number of anilines is 1. The molecule has 0 atom stereocenters. The highest BCUT2D eigenvalue weighted by Gasteiger charge is 2.25. The average Bonchev–Trinajstić information content (AvgIpc) is 3.27. The van der Waals surface area contributed by atoms with E-state index in [1.807, 2.05) is 37.3 Å². The molecular formula is C25H25ClN4O3S2. The number of benzene rings is 2. The van der Waals surface area contributed by atoms with Crippen LogP contribution in [0.1, 0.15) is 35.5 Å². The van der Waals surface area contributed by atoms with Crippen molar-refractivity contribution in [2.45, 2.75) is 32.2 Å². The molecule has 0 aliphatic heterocycles. The molecule has 2 aromatic heterocycles. The van der Waals surface area contributed by atoms with Crippen LogP contribution in [-0.2, 0) is 16.6 Å². The number of amides is 1. The van der Waals surface area contributed by atoms with E-state index in [1.165, 1.54) is 27.8 Å². The molecule has 0 spiro atoms. The standard InChI is InChI=1S/C25H25ClN4O3S2/c1-4-29(5-2)35(32,33)21-11-9-18(10-12-21)24(31)30(16-20-8-6-7-13-27-20)25-28-23-17(3)14-19(26)15-22(23)34-25/h6-15H,4-5,16H2,1-3H3. The van der Waals surface area contributed by atoms with Gasteiger partial charge in [-0.2, -0.15) is 4.31 Å². The molecule has 1 amide bonds. The van der Waals surface area contributed by atoms with Gasteiger partial charge in [-0.25, -0.2) is 13.4 Å². The Morgan fingerprint density at radius 2 is 1.77 bits per heavy atom. The summed E-state index contributed by atoms with van der Waals surface area (Å²) in [5, 5.41) is 1.12. The maximum Gasteiger partial charge on any atom is 0.260 e. The van der Waals surface area contributed by atoms with Crippen LogP contribution in [0.2, 0.25) is 5.02 Å². The lowest BCUT2D eigenvalue weighted by Gasteiger charge is -2.21. The Morgan fingerprint density at radius 1 is 1.06 bits per heavy atom. The fourth-order valence-electron chi connectivity index (χ4n) is 3.78. The van der Waals surface area contributed by atoms with E-state index in [0.717, 1.165) is 15.8 Å². The number of carbonyl (C=O) groups excluding carboxylic acids is 1. The van der Waals surface area contributed by atoms with Crippen molar-refractivity contribution >= 4 is 54.2 Å². The van der Waals surface area contributed by atoms with Crippen LogP contribution in [0, 0.1) is 6.92 Å². The Labute approximate surface area is 214 Å². The number of aromatic nitrogens is 2. The van der Waals surface area contributed by atoms with Gasteiger partial charge in [0.15, 0.2) is 5.13 Å². The molecule has 0 unspecified atom stereocenters. The van der Waals surface area contributed by atoms with Crippen molar-refractivity contribution in [3.05, 3.63) is 82.6 Å². The summed E-state index contributed by atoms with van der Waals surface area (Å²) in [6.45, 7) is 6.48. The highest BCUT2D eigenvalue weighted by Crippen LogP contribution is 2.34. The monoisotopic (exact) mass is 528 g/mol. The summed E-state index contributed by atoms with van der Waals surface area (Å²) in [6, 6.07) is 15.2. The molecule has 0 saturated heterocycles. The van der Waals surface area contributed by atoms with Crippen LogP contribution in [0.4, 0.5) is 5.13 Å². The summed E-state index contributed by atoms with van der Waals surface area (Å²) in [5.74, 6) is -0.301. The number of rotatable bonds is 8. The van der Waals surface area contributed by atoms with Gasteiger partial charge in [-0.3, -0.25) is 14.7 Å². The molecule has 4 rings (SSSR count). The first-order chi connectivity index (χ1) is 16.7. The van der Waals surface area contributed by atoms with Crippen molar-refractivity contribution in [3.8, 4) is 0 Å². The molecule has 0 aliphatic rings. The second-order valence-electron chi connectivity index (χ2n) is 7.89. The zero-order valence-corrected chi connectivity index (χ0v) is 22.0. The van der Waals surface area contributed by atoms with Crippen LogP contribution >= 0.6 is 22.9 Å². The van der Waals surface area contributed by atoms with Crippen molar-refractivity contribution in [2.75, 3.05) is 18.0 Å². The first kappa shape index (κ1) is 25.2. The van der Waals surface area contributed by atoms with E-state index in [-0.39, 0.29) is 17.3 Å². The smallest absolute Gasteiger partial charge is 0.260 e. The van der Waals surface area contributed by atoms with E-state index < -0.39 is 10.0 Å². The minimum absolute atomic E-state index is 0.152. The van der Waals surface area contributed by atoms with Gasteiger partial charge in [-0.05, 0) is 61.0 Å². The summed E-state index contributed by atoms with van der Waals surface area (Å²) >= 11 is 7.60. The minimum atomic E-state index is -3.62. The number of pyridine rings is 1. The quantitative estimate of drug-likeness (QED) is 0.300. The lowest BCUT2D eigenvalue weighted by Crippen LogP contribution is -2.31. The van der Waals surface area contributed by atoms with Crippen molar-refractivity contribution in [2.24, 2.45) is 0 Å². The number of fused-ring (bicyclic) bond motifs is 1. The summed E-state index contributed by atoms with van der Waals surface area (Å²) in [4.78, 5) is 24.5. The fourth-order valence-corrected chi connectivity index (χ4v) is 6.65. The molecule has 0 saturated carbocycles. The number of nitrogens with zero attached hydrogens (tertiary/aromatic N) is 4. The van der Waals surface area contributed by atoms with Gasteiger partial charge in [0.25, 0.3) is 5.91 Å². The molecule has 182 valence electrons. The first-order valence-electron chi connectivity index (χ1n) is 11.1. The fraction of sp³-hybridized carbons (Fsp3) is 0.240. The highest BCUT2D eigenvalue weighted by molar-refractivity contribution is 7.89. The number of hydrogen-bond donors (Lipinski definition) is 0. The van der Waals surface area contributed by atoms with E-state index >= 15 is 0 Å². The predicted molar refractivity (Wildman–Crippen MR) is 141 cm³/mol. The van der Waals surface area contributed by atoms with Crippen LogP contribution in [-0.4, -0.2) is 41.7 Å². The molecule has 0 bridgehead atoms. The van der Waals surface area contributed by atoms with Gasteiger partial charge < -0.3 is 0 Å². The number of aryl methyl sites for hydroxylation is 1. The van der Waals surface area contributed by atoms with Crippen LogP contribution < -0.4 is 4.90 Å². The lowest BCUT2D eigenvalue weighted by molar-refractivity contribution is 0.0984. The third-order valence-electron chi connectivity index (χ3n) is 5.61. The second-order valence-corrected chi connectivity index (χ2v) is 11.3. The Bertz CT molecular complexity index is 1450. The summed E-state index contributed by atoms with van der Waals surface area (Å²) < 4.78 is 27.9. The Morgan fingerprint density at radius 3 is 2.40 bits per heavy atom. The van der Waals surface area contributed by atoms with Gasteiger partial charge in [-0.15, -0.1) is 0 Å². The first-order valence-corrected chi connectivity index (χ1v) is 13.8. The van der Waals surface area contributed by atoms with Crippen LogP contribution in [0.15, 0.2) is 65.7 Å². The van der Waals surface area contributed by atoms with Crippen LogP contribution in [0.25, 0.3) is 10.2 Å². The lowest BCUT2D eigenvalue weighted by atomic mass is 10.2. The molecule has 2 aromatic carbocycles. The third kappa shape index (κ3) is 5.23. The Balaban J connectivity index is 1.73. The summed E-state index contributed by atoms with van der Waals surface area (Å²) in [6.07, 6.45) is 1.67. The van der Waals surface area contributed by atoms with Crippen molar-refractivity contribution in [3.63, 3.8) is 0 Å². The number of sulfonamides is 1. The summed E-state index contributed by atoms with van der Waals surface area (Å²) in [7, 11) is -3.62. The molecule has 0 fully saturated rings. The highest BCUT2D eigenvalue weighted by atomic mass is 35.5. The number of halogens is 1. The van der Waals surface area contributed by atoms with Crippen LogP contribution in [0.5, 0.6) is 0 Å². The van der Waals surface area contributed by atoms with Crippen LogP contribution in [0.3, 0.4) is 0 Å². The molecule has 35 heavy (non-hydrogen) atoms. The maximum atomic E-state index is 13.7. The largest absolute Gasteiger partial charge is 0.278 e. The topological polar surface area (TPSA) is 83.5 Å². The summed E-state index contributed by atoms with van der Waals surface area (Å²) in [5.41, 5.74) is 2.77. The Hall–Kier alpha value is -2.85. The molecule has 4 aromatic rings. The molecular weight excluding hydrogens is 504 g/mol. The zero-order valence-electron chi connectivity index (χ0n) is 19.6. The maximum absolute atomic E-state index is 13.7. The molecule has 10 heteroatoms. The van der Waals surface area contributed by atoms with Gasteiger partial charge in [0, 0.05) is 29.9 Å². The Kier molecular flexibility index (Phi) is 7.51. The van der Waals surface area contributed by atoms with Crippen molar-refractivity contribution < 1.29 is 13.2 Å². The predicted octanol–water partition coefficient (Wildman–Crippen LogP) is 5.53. The van der Waals surface area contributed by atoms with Gasteiger partial charge in [0.05, 0.1) is 27.4 Å². The SMILES string of the molecule is CCN(CC)S(=O)(=O)c1ccc(C(=O)N(Cc2ccccn2)c2nc3c(C)cc(Cl)cc3s2)cc1. The van der Waals surface area contributed by atoms with E-state index in [4.69, 9.17) is 16.6 Å². The zero-order chi connectivity index (χ0) is 25.2. The van der Waals surface area contributed by atoms with Crippen molar-refractivity contribution in [1.29, 1.82) is 0 Å². The molecule has 2 heterocycles.